The number of hydrogen-bond acceptors (Lipinski definition) is 2. The van der Waals surface area contributed by atoms with Crippen LogP contribution in [0.2, 0.25) is 0 Å². The van der Waals surface area contributed by atoms with Gasteiger partial charge in [0.05, 0.1) is 7.11 Å². The maximum Gasteiger partial charge on any atom is 0.122 e. The van der Waals surface area contributed by atoms with Gasteiger partial charge in [0.2, 0.25) is 0 Å². The highest BCUT2D eigenvalue weighted by Crippen LogP contribution is 2.36. The summed E-state index contributed by atoms with van der Waals surface area (Å²) in [5.74, 6) is 1.61. The second kappa shape index (κ2) is 4.54. The van der Waals surface area contributed by atoms with E-state index < -0.39 is 0 Å². The summed E-state index contributed by atoms with van der Waals surface area (Å²) >= 11 is 3.58. The molecule has 0 radical (unpaired) electrons. The fourth-order valence-electron chi connectivity index (χ4n) is 2.26. The van der Waals surface area contributed by atoms with Gasteiger partial charge in [0.25, 0.3) is 0 Å². The Morgan fingerprint density at radius 3 is 2.87 bits per heavy atom. The molecule has 1 atom stereocenters. The highest BCUT2D eigenvalue weighted by molar-refractivity contribution is 9.10. The number of hydrogen-bond donors (Lipinski definition) is 1. The number of rotatable bonds is 2. The van der Waals surface area contributed by atoms with Crippen molar-refractivity contribution < 1.29 is 4.74 Å². The first-order valence-electron chi connectivity index (χ1n) is 5.27. The van der Waals surface area contributed by atoms with Gasteiger partial charge >= 0.3 is 0 Å². The molecule has 82 valence electrons. The molecule has 0 amide bonds. The van der Waals surface area contributed by atoms with Crippen molar-refractivity contribution in [2.45, 2.75) is 19.3 Å². The van der Waals surface area contributed by atoms with E-state index in [-0.39, 0.29) is 0 Å². The average molecular weight is 270 g/mol. The maximum atomic E-state index is 5.44. The van der Waals surface area contributed by atoms with Crippen molar-refractivity contribution in [2.24, 2.45) is 0 Å². The molecular weight excluding hydrogens is 254 g/mol. The number of methoxy groups -OCH3 is 1. The molecule has 1 unspecified atom stereocenters. The third-order valence-electron chi connectivity index (χ3n) is 3.10. The molecule has 1 saturated heterocycles. The lowest BCUT2D eigenvalue weighted by atomic mass is 9.93. The zero-order valence-electron chi connectivity index (χ0n) is 9.14. The Hall–Kier alpha value is -0.540. The van der Waals surface area contributed by atoms with Gasteiger partial charge in [-0.3, -0.25) is 0 Å². The Balaban J connectivity index is 2.45. The Morgan fingerprint density at radius 1 is 1.47 bits per heavy atom. The van der Waals surface area contributed by atoms with Crippen LogP contribution in [-0.2, 0) is 0 Å². The molecule has 1 fully saturated rings. The van der Waals surface area contributed by atoms with Crippen LogP contribution in [-0.4, -0.2) is 20.2 Å². The summed E-state index contributed by atoms with van der Waals surface area (Å²) in [5.41, 5.74) is 2.67. The van der Waals surface area contributed by atoms with Gasteiger partial charge in [-0.15, -0.1) is 0 Å². The molecule has 2 rings (SSSR count). The van der Waals surface area contributed by atoms with Crippen LogP contribution < -0.4 is 10.1 Å². The zero-order valence-corrected chi connectivity index (χ0v) is 10.7. The van der Waals surface area contributed by atoms with E-state index in [0.717, 1.165) is 18.8 Å². The normalized spacial score (nSPS) is 20.6. The Labute approximate surface area is 99.1 Å². The molecule has 1 N–H and O–H groups in total. The van der Waals surface area contributed by atoms with Crippen molar-refractivity contribution in [1.29, 1.82) is 0 Å². The van der Waals surface area contributed by atoms with Crippen molar-refractivity contribution in [1.82, 2.24) is 5.32 Å². The molecule has 0 spiro atoms. The van der Waals surface area contributed by atoms with Gasteiger partial charge < -0.3 is 10.1 Å². The van der Waals surface area contributed by atoms with Crippen molar-refractivity contribution in [3.63, 3.8) is 0 Å². The van der Waals surface area contributed by atoms with Gasteiger partial charge in [-0.25, -0.2) is 0 Å². The van der Waals surface area contributed by atoms with E-state index in [0.29, 0.717) is 5.92 Å². The van der Waals surface area contributed by atoms with Gasteiger partial charge in [0.15, 0.2) is 0 Å². The molecule has 1 aliphatic rings. The number of nitrogens with one attached hydrogen (secondary N) is 1. The largest absolute Gasteiger partial charge is 0.496 e. The summed E-state index contributed by atoms with van der Waals surface area (Å²) in [6, 6.07) is 4.10. The predicted molar refractivity (Wildman–Crippen MR) is 65.7 cm³/mol. The monoisotopic (exact) mass is 269 g/mol. The van der Waals surface area contributed by atoms with E-state index >= 15 is 0 Å². The number of benzene rings is 1. The van der Waals surface area contributed by atoms with Gasteiger partial charge in [-0.2, -0.15) is 0 Å². The quantitative estimate of drug-likeness (QED) is 0.892. The minimum atomic E-state index is 0.595. The SMILES string of the molecule is COc1ccc(Br)c(C)c1C1CCNC1. The zero-order chi connectivity index (χ0) is 10.8. The molecule has 0 aromatic heterocycles. The fraction of sp³-hybridized carbons (Fsp3) is 0.500. The predicted octanol–water partition coefficient (Wildman–Crippen LogP) is 2.84. The van der Waals surface area contributed by atoms with Crippen LogP contribution >= 0.6 is 15.9 Å². The first kappa shape index (κ1) is 11.0. The Kier molecular flexibility index (Phi) is 3.32. The highest BCUT2D eigenvalue weighted by Gasteiger charge is 2.22. The van der Waals surface area contributed by atoms with E-state index in [1.165, 1.54) is 22.0 Å². The summed E-state index contributed by atoms with van der Waals surface area (Å²) in [7, 11) is 1.74. The lowest BCUT2D eigenvalue weighted by Gasteiger charge is -2.17. The van der Waals surface area contributed by atoms with Gasteiger partial charge in [-0.1, -0.05) is 15.9 Å². The Bertz CT molecular complexity index is 359. The number of ether oxygens (including phenoxy) is 1. The third kappa shape index (κ3) is 2.04. The topological polar surface area (TPSA) is 21.3 Å². The lowest BCUT2D eigenvalue weighted by Crippen LogP contribution is -2.10. The van der Waals surface area contributed by atoms with E-state index in [1.54, 1.807) is 7.11 Å². The van der Waals surface area contributed by atoms with Crippen LogP contribution in [0.25, 0.3) is 0 Å². The Morgan fingerprint density at radius 2 is 2.27 bits per heavy atom. The third-order valence-corrected chi connectivity index (χ3v) is 3.96. The van der Waals surface area contributed by atoms with E-state index in [1.807, 2.05) is 6.07 Å². The van der Waals surface area contributed by atoms with Crippen LogP contribution in [0.4, 0.5) is 0 Å². The molecular formula is C12H16BrNO. The molecule has 15 heavy (non-hydrogen) atoms. The van der Waals surface area contributed by atoms with E-state index in [9.17, 15) is 0 Å². The van der Waals surface area contributed by atoms with E-state index in [2.05, 4.69) is 34.2 Å². The van der Waals surface area contributed by atoms with Gasteiger partial charge in [0, 0.05) is 22.5 Å². The van der Waals surface area contributed by atoms with Crippen LogP contribution in [0, 0.1) is 6.92 Å². The summed E-state index contributed by atoms with van der Waals surface area (Å²) in [5, 5.41) is 3.40. The van der Waals surface area contributed by atoms with Crippen LogP contribution in [0.3, 0.4) is 0 Å². The molecule has 0 aliphatic carbocycles. The molecule has 1 aromatic rings. The summed E-state index contributed by atoms with van der Waals surface area (Å²) in [4.78, 5) is 0. The van der Waals surface area contributed by atoms with Crippen molar-refractivity contribution in [2.75, 3.05) is 20.2 Å². The molecule has 1 heterocycles. The van der Waals surface area contributed by atoms with E-state index in [4.69, 9.17) is 4.74 Å². The smallest absolute Gasteiger partial charge is 0.122 e. The minimum absolute atomic E-state index is 0.595. The molecule has 3 heteroatoms. The minimum Gasteiger partial charge on any atom is -0.496 e. The second-order valence-electron chi connectivity index (χ2n) is 3.98. The van der Waals surface area contributed by atoms with Crippen LogP contribution in [0.5, 0.6) is 5.75 Å². The molecule has 1 aromatic carbocycles. The van der Waals surface area contributed by atoms with Gasteiger partial charge in [-0.05, 0) is 37.6 Å². The van der Waals surface area contributed by atoms with Crippen molar-refractivity contribution in [3.8, 4) is 5.75 Å². The van der Waals surface area contributed by atoms with Crippen LogP contribution in [0.1, 0.15) is 23.5 Å². The number of halogens is 1. The average Bonchev–Trinajstić information content (AvgIpc) is 2.75. The maximum absolute atomic E-state index is 5.44. The summed E-state index contributed by atoms with van der Waals surface area (Å²) < 4.78 is 6.62. The first-order chi connectivity index (χ1) is 7.24. The lowest BCUT2D eigenvalue weighted by molar-refractivity contribution is 0.405. The molecule has 0 bridgehead atoms. The summed E-state index contributed by atoms with van der Waals surface area (Å²) in [6.07, 6.45) is 1.20. The first-order valence-corrected chi connectivity index (χ1v) is 6.07. The van der Waals surface area contributed by atoms with Gasteiger partial charge in [0.1, 0.15) is 5.75 Å². The second-order valence-corrected chi connectivity index (χ2v) is 4.83. The molecule has 1 aliphatic heterocycles. The van der Waals surface area contributed by atoms with Crippen molar-refractivity contribution in [3.05, 3.63) is 27.7 Å². The molecule has 2 nitrogen and oxygen atoms in total. The fourth-order valence-corrected chi connectivity index (χ4v) is 2.61. The standard InChI is InChI=1S/C12H16BrNO/c1-8-10(13)3-4-11(15-2)12(8)9-5-6-14-7-9/h3-4,9,14H,5-7H2,1-2H3. The summed E-state index contributed by atoms with van der Waals surface area (Å²) in [6.45, 7) is 4.33. The highest BCUT2D eigenvalue weighted by atomic mass is 79.9. The molecule has 0 saturated carbocycles. The van der Waals surface area contributed by atoms with Crippen molar-refractivity contribution >= 4 is 15.9 Å². The van der Waals surface area contributed by atoms with Crippen LogP contribution in [0.15, 0.2) is 16.6 Å².